The molecule has 0 N–H and O–H groups in total. The zero-order valence-corrected chi connectivity index (χ0v) is 11.6. The molecule has 0 bridgehead atoms. The molecule has 0 spiro atoms. The van der Waals surface area contributed by atoms with Crippen LogP contribution in [0.2, 0.25) is 0 Å². The Morgan fingerprint density at radius 3 is 2.89 bits per heavy atom. The Kier molecular flexibility index (Phi) is 4.05. The van der Waals surface area contributed by atoms with Gasteiger partial charge in [0.15, 0.2) is 6.61 Å². The third-order valence-corrected chi connectivity index (χ3v) is 2.91. The normalized spacial score (nSPS) is 10.4. The molecule has 19 heavy (non-hydrogen) atoms. The summed E-state index contributed by atoms with van der Waals surface area (Å²) < 4.78 is 5.53. The number of aryl methyl sites for hydroxylation is 1. The average molecular weight is 328 g/mol. The van der Waals surface area contributed by atoms with Crippen LogP contribution in [0, 0.1) is 10.1 Å². The van der Waals surface area contributed by atoms with E-state index in [0.717, 1.165) is 0 Å². The number of benzene rings is 1. The summed E-state index contributed by atoms with van der Waals surface area (Å²) in [6.07, 6.45) is 0. The van der Waals surface area contributed by atoms with E-state index in [0.29, 0.717) is 22.5 Å². The lowest BCUT2D eigenvalue weighted by molar-refractivity contribution is -0.384. The molecule has 0 saturated carbocycles. The molecule has 0 aliphatic rings. The maximum absolute atomic E-state index is 10.7. The van der Waals surface area contributed by atoms with Crippen molar-refractivity contribution in [2.75, 3.05) is 0 Å². The third kappa shape index (κ3) is 3.25. The van der Waals surface area contributed by atoms with Gasteiger partial charge in [-0.05, 0) is 11.3 Å². The highest BCUT2D eigenvalue weighted by Gasteiger charge is 2.12. The van der Waals surface area contributed by atoms with Crippen molar-refractivity contribution < 1.29 is 9.66 Å². The van der Waals surface area contributed by atoms with Crippen LogP contribution in [0.1, 0.15) is 11.4 Å². The smallest absolute Gasteiger partial charge is 0.270 e. The Labute approximate surface area is 116 Å². The summed E-state index contributed by atoms with van der Waals surface area (Å²) in [4.78, 5) is 11.6. The molecule has 0 fully saturated rings. The largest absolute Gasteiger partial charge is 0.485 e. The first-order valence-corrected chi connectivity index (χ1v) is 6.41. The number of nitro groups is 1. The van der Waals surface area contributed by atoms with Crippen LogP contribution in [0.3, 0.4) is 0 Å². The first-order chi connectivity index (χ1) is 9.10. The van der Waals surface area contributed by atoms with Gasteiger partial charge in [0.2, 0.25) is 5.82 Å². The number of hydrogen-bond donors (Lipinski definition) is 0. The second-order valence-electron chi connectivity index (χ2n) is 3.67. The molecular formula is C10H10BrN5O3. The van der Waals surface area contributed by atoms with Crippen molar-refractivity contribution in [1.29, 1.82) is 0 Å². The standard InChI is InChI=1S/C10H10BrN5O3/c1-15-13-10(12-14-15)6-19-9-3-2-8(16(17)18)4-7(9)5-11/h2-4H,5-6H2,1H3. The molecule has 1 heterocycles. The second kappa shape index (κ2) is 5.74. The third-order valence-electron chi connectivity index (χ3n) is 2.31. The molecule has 0 unspecified atom stereocenters. The number of non-ortho nitro benzene ring substituents is 1. The fourth-order valence-electron chi connectivity index (χ4n) is 1.45. The van der Waals surface area contributed by atoms with E-state index < -0.39 is 4.92 Å². The fraction of sp³-hybridized carbons (Fsp3) is 0.300. The summed E-state index contributed by atoms with van der Waals surface area (Å²) in [7, 11) is 1.66. The highest BCUT2D eigenvalue weighted by atomic mass is 79.9. The van der Waals surface area contributed by atoms with Crippen molar-refractivity contribution in [2.45, 2.75) is 11.9 Å². The van der Waals surface area contributed by atoms with Gasteiger partial charge in [0.05, 0.1) is 12.0 Å². The van der Waals surface area contributed by atoms with Gasteiger partial charge in [-0.15, -0.1) is 10.2 Å². The van der Waals surface area contributed by atoms with Gasteiger partial charge in [0, 0.05) is 23.0 Å². The summed E-state index contributed by atoms with van der Waals surface area (Å²) in [5.41, 5.74) is 0.720. The van der Waals surface area contributed by atoms with E-state index in [1.165, 1.54) is 16.9 Å². The summed E-state index contributed by atoms with van der Waals surface area (Å²) in [6, 6.07) is 4.42. The van der Waals surface area contributed by atoms with Gasteiger partial charge in [-0.25, -0.2) is 0 Å². The van der Waals surface area contributed by atoms with Gasteiger partial charge in [-0.2, -0.15) is 4.80 Å². The van der Waals surface area contributed by atoms with Crippen LogP contribution in [0.15, 0.2) is 18.2 Å². The lowest BCUT2D eigenvalue weighted by atomic mass is 10.2. The van der Waals surface area contributed by atoms with Crippen molar-refractivity contribution in [1.82, 2.24) is 20.2 Å². The Morgan fingerprint density at radius 1 is 1.53 bits per heavy atom. The van der Waals surface area contributed by atoms with Gasteiger partial charge in [-0.1, -0.05) is 15.9 Å². The monoisotopic (exact) mass is 327 g/mol. The highest BCUT2D eigenvalue weighted by molar-refractivity contribution is 9.08. The number of tetrazole rings is 1. The minimum Gasteiger partial charge on any atom is -0.485 e. The highest BCUT2D eigenvalue weighted by Crippen LogP contribution is 2.26. The lowest BCUT2D eigenvalue weighted by Gasteiger charge is -2.07. The van der Waals surface area contributed by atoms with E-state index in [-0.39, 0.29) is 12.3 Å². The van der Waals surface area contributed by atoms with E-state index >= 15 is 0 Å². The number of rotatable bonds is 5. The Morgan fingerprint density at radius 2 is 2.32 bits per heavy atom. The van der Waals surface area contributed by atoms with Crippen LogP contribution >= 0.6 is 15.9 Å². The first kappa shape index (κ1) is 13.4. The van der Waals surface area contributed by atoms with Crippen molar-refractivity contribution in [3.8, 4) is 5.75 Å². The van der Waals surface area contributed by atoms with Crippen LogP contribution in [0.25, 0.3) is 0 Å². The molecule has 0 amide bonds. The quantitative estimate of drug-likeness (QED) is 0.470. The Hall–Kier alpha value is -2.03. The average Bonchev–Trinajstić information content (AvgIpc) is 2.81. The van der Waals surface area contributed by atoms with Crippen LogP contribution in [-0.2, 0) is 19.0 Å². The molecule has 0 radical (unpaired) electrons. The molecule has 0 atom stereocenters. The number of nitrogens with zero attached hydrogens (tertiary/aromatic N) is 5. The SMILES string of the molecule is Cn1nnc(COc2ccc([N+](=O)[O-])cc2CBr)n1. The first-order valence-electron chi connectivity index (χ1n) is 5.29. The summed E-state index contributed by atoms with van der Waals surface area (Å²) >= 11 is 3.27. The number of aromatic nitrogens is 4. The van der Waals surface area contributed by atoms with E-state index in [9.17, 15) is 10.1 Å². The molecule has 0 aliphatic carbocycles. The molecule has 1 aromatic heterocycles. The van der Waals surface area contributed by atoms with Crippen LogP contribution in [0.5, 0.6) is 5.75 Å². The van der Waals surface area contributed by atoms with E-state index in [1.54, 1.807) is 13.1 Å². The minimum absolute atomic E-state index is 0.0272. The zero-order valence-electron chi connectivity index (χ0n) is 9.99. The van der Waals surface area contributed by atoms with Crippen molar-refractivity contribution >= 4 is 21.6 Å². The molecule has 8 nitrogen and oxygen atoms in total. The van der Waals surface area contributed by atoms with E-state index in [4.69, 9.17) is 4.74 Å². The summed E-state index contributed by atoms with van der Waals surface area (Å²) in [6.45, 7) is 0.158. The van der Waals surface area contributed by atoms with Crippen molar-refractivity contribution in [2.24, 2.45) is 7.05 Å². The van der Waals surface area contributed by atoms with Gasteiger partial charge < -0.3 is 4.74 Å². The van der Waals surface area contributed by atoms with Crippen LogP contribution < -0.4 is 4.74 Å². The minimum atomic E-state index is -0.444. The predicted octanol–water partition coefficient (Wildman–Crippen LogP) is 1.59. The maximum Gasteiger partial charge on any atom is 0.270 e. The number of alkyl halides is 1. The molecule has 2 rings (SSSR count). The van der Waals surface area contributed by atoms with Crippen LogP contribution in [0.4, 0.5) is 5.69 Å². The molecular weight excluding hydrogens is 318 g/mol. The van der Waals surface area contributed by atoms with Gasteiger partial charge in [0.25, 0.3) is 5.69 Å². The Balaban J connectivity index is 2.13. The zero-order chi connectivity index (χ0) is 13.8. The maximum atomic E-state index is 10.7. The number of nitro benzene ring substituents is 1. The molecule has 0 aliphatic heterocycles. The molecule has 9 heteroatoms. The second-order valence-corrected chi connectivity index (χ2v) is 4.23. The summed E-state index contributed by atoms with van der Waals surface area (Å²) in [5.74, 6) is 0.997. The van der Waals surface area contributed by atoms with E-state index in [2.05, 4.69) is 31.3 Å². The van der Waals surface area contributed by atoms with Gasteiger partial charge in [0.1, 0.15) is 5.75 Å². The molecule has 0 saturated heterocycles. The topological polar surface area (TPSA) is 96.0 Å². The molecule has 1 aromatic carbocycles. The number of hydrogen-bond acceptors (Lipinski definition) is 6. The van der Waals surface area contributed by atoms with Crippen LogP contribution in [-0.4, -0.2) is 25.1 Å². The predicted molar refractivity (Wildman–Crippen MR) is 68.9 cm³/mol. The van der Waals surface area contributed by atoms with Crippen molar-refractivity contribution in [3.05, 3.63) is 39.7 Å². The van der Waals surface area contributed by atoms with Gasteiger partial charge >= 0.3 is 0 Å². The van der Waals surface area contributed by atoms with Gasteiger partial charge in [-0.3, -0.25) is 10.1 Å². The summed E-state index contributed by atoms with van der Waals surface area (Å²) in [5, 5.41) is 22.6. The van der Waals surface area contributed by atoms with Crippen molar-refractivity contribution in [3.63, 3.8) is 0 Å². The Bertz CT molecular complexity index is 601. The number of halogens is 1. The lowest BCUT2D eigenvalue weighted by Crippen LogP contribution is -2.01. The fourth-order valence-corrected chi connectivity index (χ4v) is 1.89. The van der Waals surface area contributed by atoms with E-state index in [1.807, 2.05) is 0 Å². The number of ether oxygens (including phenoxy) is 1. The molecule has 100 valence electrons. The molecule has 2 aromatic rings.